The number of thiocarbonyl (C=S) groups is 1. The number of nitrogens with zero attached hydrogens (tertiary/aromatic N) is 2. The molecule has 0 atom stereocenters. The van der Waals surface area contributed by atoms with Crippen LogP contribution in [-0.4, -0.2) is 28.1 Å². The molecule has 0 saturated heterocycles. The Hall–Kier alpha value is -2.45. The molecule has 3 N–H and O–H groups in total. The van der Waals surface area contributed by atoms with Gasteiger partial charge in [-0.3, -0.25) is 20.6 Å². The van der Waals surface area contributed by atoms with E-state index in [-0.39, 0.29) is 16.7 Å². The van der Waals surface area contributed by atoms with Gasteiger partial charge in [-0.2, -0.15) is 0 Å². The zero-order valence-corrected chi connectivity index (χ0v) is 13.0. The Labute approximate surface area is 137 Å². The molecule has 1 amide bonds. The van der Waals surface area contributed by atoms with Gasteiger partial charge in [0.2, 0.25) is 5.88 Å². The first-order valence-electron chi connectivity index (χ1n) is 6.07. The first-order chi connectivity index (χ1) is 10.6. The lowest BCUT2D eigenvalue weighted by Crippen LogP contribution is -2.44. The Kier molecular flexibility index (Phi) is 5.45. The van der Waals surface area contributed by atoms with Gasteiger partial charge in [0.15, 0.2) is 10.8 Å². The SMILES string of the molecule is COc1cncc(C(=O)NNC(=S)Nc2ccc(Cl)cc2)n1. The van der Waals surface area contributed by atoms with Gasteiger partial charge >= 0.3 is 0 Å². The van der Waals surface area contributed by atoms with Crippen molar-refractivity contribution >= 4 is 40.5 Å². The number of carbonyl (C=O) groups is 1. The summed E-state index contributed by atoms with van der Waals surface area (Å²) in [6, 6.07) is 6.95. The number of hydrogen-bond donors (Lipinski definition) is 3. The van der Waals surface area contributed by atoms with E-state index in [1.807, 2.05) is 0 Å². The fourth-order valence-electron chi connectivity index (χ4n) is 1.43. The summed E-state index contributed by atoms with van der Waals surface area (Å²) in [6.45, 7) is 0. The average Bonchev–Trinajstić information content (AvgIpc) is 2.55. The van der Waals surface area contributed by atoms with E-state index < -0.39 is 5.91 Å². The number of carbonyl (C=O) groups excluding carboxylic acids is 1. The molecule has 0 saturated carbocycles. The lowest BCUT2D eigenvalue weighted by atomic mass is 10.3. The molecule has 2 rings (SSSR count). The highest BCUT2D eigenvalue weighted by atomic mass is 35.5. The average molecular weight is 338 g/mol. The smallest absolute Gasteiger partial charge is 0.290 e. The largest absolute Gasteiger partial charge is 0.480 e. The number of aromatic nitrogens is 2. The van der Waals surface area contributed by atoms with Crippen molar-refractivity contribution in [2.75, 3.05) is 12.4 Å². The van der Waals surface area contributed by atoms with Gasteiger partial charge in [-0.1, -0.05) is 11.6 Å². The molecule has 114 valence electrons. The molecule has 2 aromatic rings. The van der Waals surface area contributed by atoms with Crippen LogP contribution in [0, 0.1) is 0 Å². The van der Waals surface area contributed by atoms with Crippen LogP contribution in [0.5, 0.6) is 5.88 Å². The number of rotatable bonds is 3. The van der Waals surface area contributed by atoms with E-state index in [9.17, 15) is 4.79 Å². The number of nitrogens with one attached hydrogen (secondary N) is 3. The minimum absolute atomic E-state index is 0.0983. The van der Waals surface area contributed by atoms with Crippen molar-refractivity contribution in [3.8, 4) is 5.88 Å². The molecular formula is C13H12ClN5O2S. The molecule has 0 spiro atoms. The van der Waals surface area contributed by atoms with Crippen molar-refractivity contribution in [1.82, 2.24) is 20.8 Å². The second kappa shape index (κ2) is 7.53. The van der Waals surface area contributed by atoms with Crippen molar-refractivity contribution in [2.45, 2.75) is 0 Å². The van der Waals surface area contributed by atoms with Gasteiger partial charge in [0.25, 0.3) is 5.91 Å². The summed E-state index contributed by atoms with van der Waals surface area (Å²) in [5.74, 6) is -0.249. The number of hydrogen-bond acceptors (Lipinski definition) is 5. The van der Waals surface area contributed by atoms with Gasteiger partial charge in [-0.05, 0) is 36.5 Å². The van der Waals surface area contributed by atoms with Gasteiger partial charge in [-0.25, -0.2) is 4.98 Å². The third-order valence-corrected chi connectivity index (χ3v) is 2.90. The van der Waals surface area contributed by atoms with Crippen LogP contribution in [0.25, 0.3) is 0 Å². The molecular weight excluding hydrogens is 326 g/mol. The van der Waals surface area contributed by atoms with Crippen LogP contribution in [0.4, 0.5) is 5.69 Å². The van der Waals surface area contributed by atoms with E-state index in [4.69, 9.17) is 28.6 Å². The number of anilines is 1. The third kappa shape index (κ3) is 4.54. The fourth-order valence-corrected chi connectivity index (χ4v) is 1.72. The Morgan fingerprint density at radius 2 is 1.95 bits per heavy atom. The molecule has 22 heavy (non-hydrogen) atoms. The number of methoxy groups -OCH3 is 1. The molecule has 9 heteroatoms. The van der Waals surface area contributed by atoms with Gasteiger partial charge in [-0.15, -0.1) is 0 Å². The van der Waals surface area contributed by atoms with Gasteiger partial charge in [0, 0.05) is 10.7 Å². The van der Waals surface area contributed by atoms with E-state index in [0.717, 1.165) is 5.69 Å². The molecule has 7 nitrogen and oxygen atoms in total. The molecule has 0 aliphatic carbocycles. The highest BCUT2D eigenvalue weighted by Crippen LogP contribution is 2.13. The summed E-state index contributed by atoms with van der Waals surface area (Å²) < 4.78 is 4.90. The minimum atomic E-state index is -0.494. The van der Waals surface area contributed by atoms with Crippen molar-refractivity contribution < 1.29 is 9.53 Å². The third-order valence-electron chi connectivity index (χ3n) is 2.45. The van der Waals surface area contributed by atoms with Crippen LogP contribution in [0.2, 0.25) is 5.02 Å². The summed E-state index contributed by atoms with van der Waals surface area (Å²) in [5.41, 5.74) is 5.80. The van der Waals surface area contributed by atoms with E-state index in [1.165, 1.54) is 19.5 Å². The highest BCUT2D eigenvalue weighted by molar-refractivity contribution is 7.80. The predicted octanol–water partition coefficient (Wildman–Crippen LogP) is 1.77. The Morgan fingerprint density at radius 1 is 1.23 bits per heavy atom. The zero-order chi connectivity index (χ0) is 15.9. The monoisotopic (exact) mass is 337 g/mol. The van der Waals surface area contributed by atoms with Crippen LogP contribution in [0.15, 0.2) is 36.7 Å². The van der Waals surface area contributed by atoms with Crippen molar-refractivity contribution in [1.29, 1.82) is 0 Å². The minimum Gasteiger partial charge on any atom is -0.480 e. The maximum absolute atomic E-state index is 11.9. The van der Waals surface area contributed by atoms with Crippen LogP contribution in [-0.2, 0) is 0 Å². The lowest BCUT2D eigenvalue weighted by Gasteiger charge is -2.11. The first-order valence-corrected chi connectivity index (χ1v) is 6.86. The molecule has 0 aliphatic rings. The second-order valence-electron chi connectivity index (χ2n) is 3.99. The summed E-state index contributed by atoms with van der Waals surface area (Å²) in [5, 5.41) is 3.72. The van der Waals surface area contributed by atoms with E-state index in [1.54, 1.807) is 24.3 Å². The zero-order valence-electron chi connectivity index (χ0n) is 11.5. The normalized spacial score (nSPS) is 9.73. The van der Waals surface area contributed by atoms with E-state index in [0.29, 0.717) is 5.02 Å². The standard InChI is InChI=1S/C13H12ClN5O2S/c1-21-11-7-15-6-10(17-11)12(20)18-19-13(22)16-9-4-2-8(14)3-5-9/h2-7H,1H3,(H,18,20)(H2,16,19,22). The molecule has 0 radical (unpaired) electrons. The predicted molar refractivity (Wildman–Crippen MR) is 86.9 cm³/mol. The second-order valence-corrected chi connectivity index (χ2v) is 4.83. The topological polar surface area (TPSA) is 88.2 Å². The highest BCUT2D eigenvalue weighted by Gasteiger charge is 2.09. The van der Waals surface area contributed by atoms with Crippen molar-refractivity contribution in [2.24, 2.45) is 0 Å². The molecule has 0 unspecified atom stereocenters. The summed E-state index contributed by atoms with van der Waals surface area (Å²) in [7, 11) is 1.44. The number of benzene rings is 1. The Balaban J connectivity index is 1.87. The molecule has 0 fully saturated rings. The quantitative estimate of drug-likeness (QED) is 0.581. The Morgan fingerprint density at radius 3 is 2.64 bits per heavy atom. The van der Waals surface area contributed by atoms with Crippen molar-refractivity contribution in [3.63, 3.8) is 0 Å². The van der Waals surface area contributed by atoms with Gasteiger partial charge in [0.1, 0.15) is 0 Å². The van der Waals surface area contributed by atoms with E-state index in [2.05, 4.69) is 26.1 Å². The van der Waals surface area contributed by atoms with Crippen LogP contribution < -0.4 is 20.9 Å². The van der Waals surface area contributed by atoms with E-state index >= 15 is 0 Å². The number of hydrazine groups is 1. The molecule has 1 aromatic carbocycles. The van der Waals surface area contributed by atoms with Crippen molar-refractivity contribution in [3.05, 3.63) is 47.4 Å². The number of ether oxygens (including phenoxy) is 1. The maximum atomic E-state index is 11.9. The van der Waals surface area contributed by atoms with Gasteiger partial charge < -0.3 is 10.1 Å². The van der Waals surface area contributed by atoms with Crippen LogP contribution in [0.3, 0.4) is 0 Å². The van der Waals surface area contributed by atoms with Crippen LogP contribution in [0.1, 0.15) is 10.5 Å². The molecule has 1 aromatic heterocycles. The molecule has 0 aliphatic heterocycles. The summed E-state index contributed by atoms with van der Waals surface area (Å²) in [4.78, 5) is 19.7. The summed E-state index contributed by atoms with van der Waals surface area (Å²) in [6.07, 6.45) is 2.71. The Bertz CT molecular complexity index is 680. The number of halogens is 1. The number of amides is 1. The summed E-state index contributed by atoms with van der Waals surface area (Å²) >= 11 is 10.8. The maximum Gasteiger partial charge on any atom is 0.290 e. The van der Waals surface area contributed by atoms with Crippen LogP contribution >= 0.6 is 23.8 Å². The fraction of sp³-hybridized carbons (Fsp3) is 0.0769. The lowest BCUT2D eigenvalue weighted by molar-refractivity contribution is 0.0938. The molecule has 0 bridgehead atoms. The first kappa shape index (κ1) is 15.9. The van der Waals surface area contributed by atoms with Gasteiger partial charge in [0.05, 0.1) is 19.5 Å². The molecule has 1 heterocycles.